The molecule has 0 amide bonds. The Balaban J connectivity index is 2.74. The van der Waals surface area contributed by atoms with Crippen molar-refractivity contribution >= 4 is 33.1 Å². The van der Waals surface area contributed by atoms with E-state index in [0.29, 0.717) is 4.99 Å². The molecule has 3 nitrogen and oxygen atoms in total. The van der Waals surface area contributed by atoms with E-state index in [1.807, 2.05) is 12.1 Å². The second-order valence-electron chi connectivity index (χ2n) is 4.04. The zero-order valence-corrected chi connectivity index (χ0v) is 13.2. The zero-order valence-electron chi connectivity index (χ0n) is 10.8. The van der Waals surface area contributed by atoms with Crippen LogP contribution in [0.3, 0.4) is 0 Å². The minimum absolute atomic E-state index is 0.564. The third-order valence-corrected chi connectivity index (χ3v) is 3.46. The second kappa shape index (κ2) is 7.71. The lowest BCUT2D eigenvalue weighted by atomic mass is 10.2. The lowest BCUT2D eigenvalue weighted by molar-refractivity contribution is 0.282. The topological polar surface area (TPSA) is 38.5 Å². The lowest BCUT2D eigenvalue weighted by Gasteiger charge is -2.21. The van der Waals surface area contributed by atoms with E-state index in [-0.39, 0.29) is 0 Å². The Morgan fingerprint density at radius 1 is 1.50 bits per heavy atom. The highest BCUT2D eigenvalue weighted by atomic mass is 79.9. The number of hydrogen-bond donors (Lipinski definition) is 1. The van der Waals surface area contributed by atoms with Gasteiger partial charge in [-0.25, -0.2) is 0 Å². The average molecular weight is 331 g/mol. The number of nitrogens with two attached hydrogens (primary N) is 1. The van der Waals surface area contributed by atoms with Crippen LogP contribution in [0, 0.1) is 0 Å². The fourth-order valence-electron chi connectivity index (χ4n) is 1.73. The van der Waals surface area contributed by atoms with Crippen LogP contribution in [0.1, 0.15) is 18.9 Å². The van der Waals surface area contributed by atoms with Crippen LogP contribution in [0.15, 0.2) is 22.7 Å². The Morgan fingerprint density at radius 2 is 2.22 bits per heavy atom. The molecule has 100 valence electrons. The van der Waals surface area contributed by atoms with Crippen molar-refractivity contribution in [1.29, 1.82) is 0 Å². The van der Waals surface area contributed by atoms with E-state index < -0.39 is 0 Å². The van der Waals surface area contributed by atoms with E-state index in [4.69, 9.17) is 22.7 Å². The number of rotatable bonds is 7. The zero-order chi connectivity index (χ0) is 13.5. The van der Waals surface area contributed by atoms with Crippen LogP contribution in [-0.2, 0) is 6.54 Å². The first-order chi connectivity index (χ1) is 8.56. The fourth-order valence-corrected chi connectivity index (χ4v) is 2.23. The van der Waals surface area contributed by atoms with Gasteiger partial charge in [0.1, 0.15) is 5.75 Å². The molecule has 0 bridgehead atoms. The predicted octanol–water partition coefficient (Wildman–Crippen LogP) is 2.96. The molecular weight excluding hydrogens is 312 g/mol. The van der Waals surface area contributed by atoms with Gasteiger partial charge in [0.2, 0.25) is 0 Å². The van der Waals surface area contributed by atoms with Gasteiger partial charge in [-0.3, -0.25) is 4.90 Å². The SMILES string of the molecule is CCN(CCC(N)=S)Cc1cc(Br)ccc1OC. The van der Waals surface area contributed by atoms with Crippen LogP contribution in [0.5, 0.6) is 5.75 Å². The largest absolute Gasteiger partial charge is 0.496 e. The molecule has 2 N–H and O–H groups in total. The van der Waals surface area contributed by atoms with E-state index >= 15 is 0 Å². The summed E-state index contributed by atoms with van der Waals surface area (Å²) in [5.74, 6) is 0.909. The molecule has 1 rings (SSSR count). The second-order valence-corrected chi connectivity index (χ2v) is 5.48. The minimum Gasteiger partial charge on any atom is -0.496 e. The summed E-state index contributed by atoms with van der Waals surface area (Å²) in [7, 11) is 1.69. The first-order valence-corrected chi connectivity index (χ1v) is 7.10. The molecule has 0 fully saturated rings. The maximum atomic E-state index is 5.54. The maximum absolute atomic E-state index is 5.54. The lowest BCUT2D eigenvalue weighted by Crippen LogP contribution is -2.27. The van der Waals surface area contributed by atoms with E-state index in [9.17, 15) is 0 Å². The summed E-state index contributed by atoms with van der Waals surface area (Å²) in [6.07, 6.45) is 0.749. The van der Waals surface area contributed by atoms with Crippen LogP contribution >= 0.6 is 28.1 Å². The molecular formula is C13H19BrN2OS. The van der Waals surface area contributed by atoms with E-state index in [1.54, 1.807) is 7.11 Å². The predicted molar refractivity (Wildman–Crippen MR) is 83.0 cm³/mol. The first kappa shape index (κ1) is 15.4. The molecule has 0 aliphatic carbocycles. The molecule has 1 aromatic carbocycles. The Labute approximate surface area is 122 Å². The molecule has 0 saturated heterocycles. The highest BCUT2D eigenvalue weighted by Gasteiger charge is 2.09. The summed E-state index contributed by atoms with van der Waals surface area (Å²) in [5, 5.41) is 0. The summed E-state index contributed by atoms with van der Waals surface area (Å²) >= 11 is 8.40. The Morgan fingerprint density at radius 3 is 2.78 bits per heavy atom. The first-order valence-electron chi connectivity index (χ1n) is 5.90. The van der Waals surface area contributed by atoms with Crippen molar-refractivity contribution in [3.05, 3.63) is 28.2 Å². The van der Waals surface area contributed by atoms with Crippen LogP contribution in [-0.4, -0.2) is 30.1 Å². The molecule has 0 aromatic heterocycles. The van der Waals surface area contributed by atoms with Crippen LogP contribution in [0.2, 0.25) is 0 Å². The molecule has 0 unspecified atom stereocenters. The van der Waals surface area contributed by atoms with Gasteiger partial charge in [0, 0.05) is 29.5 Å². The molecule has 18 heavy (non-hydrogen) atoms. The summed E-state index contributed by atoms with van der Waals surface area (Å²) in [5.41, 5.74) is 6.71. The van der Waals surface area contributed by atoms with Crippen molar-refractivity contribution in [2.24, 2.45) is 5.73 Å². The van der Waals surface area contributed by atoms with Gasteiger partial charge in [-0.05, 0) is 24.7 Å². The molecule has 1 aromatic rings. The van der Waals surface area contributed by atoms with Crippen molar-refractivity contribution in [2.75, 3.05) is 20.2 Å². The number of nitrogens with zero attached hydrogens (tertiary/aromatic N) is 1. The van der Waals surface area contributed by atoms with Crippen molar-refractivity contribution < 1.29 is 4.74 Å². The van der Waals surface area contributed by atoms with Crippen LogP contribution in [0.25, 0.3) is 0 Å². The number of thiocarbonyl (C=S) groups is 1. The number of methoxy groups -OCH3 is 1. The van der Waals surface area contributed by atoms with Gasteiger partial charge < -0.3 is 10.5 Å². The monoisotopic (exact) mass is 330 g/mol. The van der Waals surface area contributed by atoms with Crippen molar-refractivity contribution in [3.63, 3.8) is 0 Å². The van der Waals surface area contributed by atoms with Crippen molar-refractivity contribution in [1.82, 2.24) is 4.90 Å². The van der Waals surface area contributed by atoms with Gasteiger partial charge in [0.15, 0.2) is 0 Å². The molecule has 0 aliphatic rings. The summed E-state index contributed by atoms with van der Waals surface area (Å²) in [6.45, 7) is 4.80. The highest BCUT2D eigenvalue weighted by Crippen LogP contribution is 2.24. The Bertz CT molecular complexity index is 412. The number of hydrogen-bond acceptors (Lipinski definition) is 3. The smallest absolute Gasteiger partial charge is 0.123 e. The van der Waals surface area contributed by atoms with Gasteiger partial charge in [-0.15, -0.1) is 0 Å². The maximum Gasteiger partial charge on any atom is 0.123 e. The number of ether oxygens (including phenoxy) is 1. The van der Waals surface area contributed by atoms with E-state index in [0.717, 1.165) is 41.8 Å². The van der Waals surface area contributed by atoms with Crippen LogP contribution in [0.4, 0.5) is 0 Å². The summed E-state index contributed by atoms with van der Waals surface area (Å²) < 4.78 is 6.43. The van der Waals surface area contributed by atoms with Gasteiger partial charge in [0.05, 0.1) is 12.1 Å². The van der Waals surface area contributed by atoms with Gasteiger partial charge in [0.25, 0.3) is 0 Å². The van der Waals surface area contributed by atoms with Crippen molar-refractivity contribution in [2.45, 2.75) is 19.9 Å². The molecule has 0 aliphatic heterocycles. The standard InChI is InChI=1S/C13H19BrN2OS/c1-3-16(7-6-13(15)18)9-10-8-11(14)4-5-12(10)17-2/h4-5,8H,3,6-7,9H2,1-2H3,(H2,15,18). The molecule has 0 spiro atoms. The molecule has 0 heterocycles. The molecule has 5 heteroatoms. The van der Waals surface area contributed by atoms with E-state index in [1.165, 1.54) is 0 Å². The van der Waals surface area contributed by atoms with Gasteiger partial charge in [-0.1, -0.05) is 35.1 Å². The average Bonchev–Trinajstić information content (AvgIpc) is 2.34. The normalized spacial score (nSPS) is 10.7. The van der Waals surface area contributed by atoms with Gasteiger partial charge in [-0.2, -0.15) is 0 Å². The number of benzene rings is 1. The third kappa shape index (κ3) is 4.92. The van der Waals surface area contributed by atoms with Gasteiger partial charge >= 0.3 is 0 Å². The molecule has 0 atom stereocenters. The quantitative estimate of drug-likeness (QED) is 0.780. The third-order valence-electron chi connectivity index (χ3n) is 2.76. The Hall–Kier alpha value is -0.650. The summed E-state index contributed by atoms with van der Waals surface area (Å²) in [4.78, 5) is 2.86. The Kier molecular flexibility index (Phi) is 6.60. The minimum atomic E-state index is 0.564. The number of halogens is 1. The summed E-state index contributed by atoms with van der Waals surface area (Å²) in [6, 6.07) is 6.04. The van der Waals surface area contributed by atoms with E-state index in [2.05, 4.69) is 33.8 Å². The fraction of sp³-hybridized carbons (Fsp3) is 0.462. The van der Waals surface area contributed by atoms with Crippen molar-refractivity contribution in [3.8, 4) is 5.75 Å². The highest BCUT2D eigenvalue weighted by molar-refractivity contribution is 9.10. The molecule has 0 saturated carbocycles. The molecule has 0 radical (unpaired) electrons. The van der Waals surface area contributed by atoms with Crippen LogP contribution < -0.4 is 10.5 Å².